The van der Waals surface area contributed by atoms with Gasteiger partial charge in [0, 0.05) is 29.7 Å². The molecule has 2 N–H and O–H groups in total. The lowest BCUT2D eigenvalue weighted by molar-refractivity contribution is -0.00348. The summed E-state index contributed by atoms with van der Waals surface area (Å²) in [6, 6.07) is 15.5. The van der Waals surface area contributed by atoms with Crippen molar-refractivity contribution >= 4 is 11.6 Å². The molecule has 1 aliphatic carbocycles. The van der Waals surface area contributed by atoms with Gasteiger partial charge < -0.3 is 14.9 Å². The number of phenolic OH excluding ortho intramolecular Hbond substituents is 1. The maximum Gasteiger partial charge on any atom is 0.120 e. The highest BCUT2D eigenvalue weighted by Crippen LogP contribution is 2.26. The van der Waals surface area contributed by atoms with E-state index in [1.165, 1.54) is 19.3 Å². The van der Waals surface area contributed by atoms with E-state index in [1.807, 2.05) is 42.5 Å². The van der Waals surface area contributed by atoms with Crippen molar-refractivity contribution < 1.29 is 14.9 Å². The molecule has 0 radical (unpaired) electrons. The zero-order valence-corrected chi connectivity index (χ0v) is 17.0. The minimum Gasteiger partial charge on any atom is -0.508 e. The quantitative estimate of drug-likeness (QED) is 0.633. The Bertz CT molecular complexity index is 733. The number of hydrogen-bond donors (Lipinski definition) is 2. The number of aliphatic hydroxyl groups excluding tert-OH is 1. The summed E-state index contributed by atoms with van der Waals surface area (Å²) in [5, 5.41) is 21.4. The average Bonchev–Trinajstić information content (AvgIpc) is 2.71. The molecule has 1 atom stereocenters. The zero-order chi connectivity index (χ0) is 19.8. The maximum atomic E-state index is 10.6. The van der Waals surface area contributed by atoms with E-state index in [1.54, 1.807) is 6.07 Å². The third-order valence-electron chi connectivity index (χ3n) is 5.43. The summed E-state index contributed by atoms with van der Waals surface area (Å²) in [6.45, 7) is 1.81. The molecule has 1 aliphatic rings. The van der Waals surface area contributed by atoms with E-state index < -0.39 is 6.10 Å². The van der Waals surface area contributed by atoms with Crippen LogP contribution in [0.2, 0.25) is 5.02 Å². The molecule has 0 spiro atoms. The van der Waals surface area contributed by atoms with Gasteiger partial charge in [0.2, 0.25) is 0 Å². The van der Waals surface area contributed by atoms with Crippen LogP contribution in [0.25, 0.3) is 0 Å². The van der Waals surface area contributed by atoms with Crippen LogP contribution in [-0.4, -0.2) is 40.4 Å². The fraction of sp³-hybridized carbons (Fsp3) is 0.478. The summed E-state index contributed by atoms with van der Waals surface area (Å²) in [5.74, 6) is 0.313. The summed E-state index contributed by atoms with van der Waals surface area (Å²) in [6.07, 6.45) is 5.42. The van der Waals surface area contributed by atoms with Crippen molar-refractivity contribution in [2.75, 3.05) is 13.2 Å². The number of para-hydroxylation sites is 1. The molecule has 0 aromatic heterocycles. The first-order valence-electron chi connectivity index (χ1n) is 10.1. The minimum atomic E-state index is -0.588. The zero-order valence-electron chi connectivity index (χ0n) is 16.3. The standard InChI is InChI=1S/C23H30ClNO3/c24-22-12-6-4-9-19(22)16-28-17-21(26)15-25(20-10-2-1-3-11-20)14-18-8-5-7-13-23(18)27/h4-9,12-13,20-21,26-27H,1-3,10-11,14-17H2/t21-/m0/s1. The average molecular weight is 404 g/mol. The largest absolute Gasteiger partial charge is 0.508 e. The fourth-order valence-corrected chi connectivity index (χ4v) is 4.09. The third kappa shape index (κ3) is 6.21. The molecule has 0 bridgehead atoms. The second-order valence-corrected chi connectivity index (χ2v) is 8.02. The van der Waals surface area contributed by atoms with Crippen molar-refractivity contribution in [1.82, 2.24) is 4.90 Å². The number of benzene rings is 2. The van der Waals surface area contributed by atoms with Crippen molar-refractivity contribution in [2.45, 2.75) is 57.4 Å². The number of aromatic hydroxyl groups is 1. The number of halogens is 1. The second-order valence-electron chi connectivity index (χ2n) is 7.61. The molecule has 0 amide bonds. The smallest absolute Gasteiger partial charge is 0.120 e. The summed E-state index contributed by atoms with van der Waals surface area (Å²) in [7, 11) is 0. The van der Waals surface area contributed by atoms with Crippen LogP contribution < -0.4 is 0 Å². The van der Waals surface area contributed by atoms with Crippen LogP contribution in [0.5, 0.6) is 5.75 Å². The van der Waals surface area contributed by atoms with Crippen LogP contribution in [0, 0.1) is 0 Å². The van der Waals surface area contributed by atoms with E-state index in [0.717, 1.165) is 24.0 Å². The monoisotopic (exact) mass is 403 g/mol. The molecule has 0 unspecified atom stereocenters. The van der Waals surface area contributed by atoms with E-state index in [4.69, 9.17) is 16.3 Å². The molecule has 1 fully saturated rings. The van der Waals surface area contributed by atoms with Crippen molar-refractivity contribution in [3.05, 3.63) is 64.7 Å². The fourth-order valence-electron chi connectivity index (χ4n) is 3.90. The Labute approximate surface area is 172 Å². The molecule has 152 valence electrons. The first kappa shape index (κ1) is 21.1. The molecule has 0 heterocycles. The highest BCUT2D eigenvalue weighted by atomic mass is 35.5. The molecule has 0 aliphatic heterocycles. The van der Waals surface area contributed by atoms with E-state index in [0.29, 0.717) is 36.5 Å². The highest BCUT2D eigenvalue weighted by Gasteiger charge is 2.24. The van der Waals surface area contributed by atoms with Crippen LogP contribution in [0.1, 0.15) is 43.2 Å². The number of nitrogens with zero attached hydrogens (tertiary/aromatic N) is 1. The number of aliphatic hydroxyl groups is 1. The predicted molar refractivity (Wildman–Crippen MR) is 113 cm³/mol. The molecule has 5 heteroatoms. The van der Waals surface area contributed by atoms with Gasteiger partial charge >= 0.3 is 0 Å². The third-order valence-corrected chi connectivity index (χ3v) is 5.80. The highest BCUT2D eigenvalue weighted by molar-refractivity contribution is 6.31. The Kier molecular flexibility index (Phi) is 8.16. The Balaban J connectivity index is 1.56. The van der Waals surface area contributed by atoms with Crippen LogP contribution in [0.4, 0.5) is 0 Å². The van der Waals surface area contributed by atoms with Crippen molar-refractivity contribution in [3.63, 3.8) is 0 Å². The molecule has 2 aromatic carbocycles. The Morgan fingerprint density at radius 2 is 1.68 bits per heavy atom. The topological polar surface area (TPSA) is 52.9 Å². The van der Waals surface area contributed by atoms with Gasteiger partial charge in [-0.2, -0.15) is 0 Å². The van der Waals surface area contributed by atoms with Gasteiger partial charge in [0.25, 0.3) is 0 Å². The second kappa shape index (κ2) is 10.8. The molecular formula is C23H30ClNO3. The molecule has 1 saturated carbocycles. The van der Waals surface area contributed by atoms with Crippen LogP contribution in [0.3, 0.4) is 0 Å². The number of hydrogen-bond acceptors (Lipinski definition) is 4. The Hall–Kier alpha value is -1.59. The van der Waals surface area contributed by atoms with Gasteiger partial charge in [0.15, 0.2) is 0 Å². The van der Waals surface area contributed by atoms with Gasteiger partial charge in [0.1, 0.15) is 5.75 Å². The molecular weight excluding hydrogens is 374 g/mol. The maximum absolute atomic E-state index is 10.6. The summed E-state index contributed by atoms with van der Waals surface area (Å²) in [5.41, 5.74) is 1.83. The SMILES string of the molecule is Oc1ccccc1CN(C[C@H](O)COCc1ccccc1Cl)C1CCCCC1. The van der Waals surface area contributed by atoms with Crippen LogP contribution in [-0.2, 0) is 17.9 Å². The normalized spacial score (nSPS) is 16.4. The number of ether oxygens (including phenoxy) is 1. The van der Waals surface area contributed by atoms with Gasteiger partial charge in [-0.05, 0) is 30.5 Å². The lowest BCUT2D eigenvalue weighted by Crippen LogP contribution is -2.42. The molecule has 4 nitrogen and oxygen atoms in total. The van der Waals surface area contributed by atoms with Gasteiger partial charge in [-0.3, -0.25) is 4.90 Å². The van der Waals surface area contributed by atoms with E-state index >= 15 is 0 Å². The molecule has 2 aromatic rings. The van der Waals surface area contributed by atoms with Crippen molar-refractivity contribution in [3.8, 4) is 5.75 Å². The van der Waals surface area contributed by atoms with E-state index in [9.17, 15) is 10.2 Å². The van der Waals surface area contributed by atoms with Crippen molar-refractivity contribution in [2.24, 2.45) is 0 Å². The van der Waals surface area contributed by atoms with E-state index in [-0.39, 0.29) is 6.61 Å². The van der Waals surface area contributed by atoms with Crippen molar-refractivity contribution in [1.29, 1.82) is 0 Å². The van der Waals surface area contributed by atoms with Gasteiger partial charge in [-0.15, -0.1) is 0 Å². The molecule has 28 heavy (non-hydrogen) atoms. The molecule has 0 saturated heterocycles. The van der Waals surface area contributed by atoms with Gasteiger partial charge in [0.05, 0.1) is 19.3 Å². The molecule has 3 rings (SSSR count). The summed E-state index contributed by atoms with van der Waals surface area (Å²) in [4.78, 5) is 2.30. The number of rotatable bonds is 9. The summed E-state index contributed by atoms with van der Waals surface area (Å²) < 4.78 is 5.71. The Morgan fingerprint density at radius 1 is 1.00 bits per heavy atom. The first-order chi connectivity index (χ1) is 13.6. The van der Waals surface area contributed by atoms with Gasteiger partial charge in [-0.25, -0.2) is 0 Å². The lowest BCUT2D eigenvalue weighted by Gasteiger charge is -2.35. The van der Waals surface area contributed by atoms with Gasteiger partial charge in [-0.1, -0.05) is 67.3 Å². The van der Waals surface area contributed by atoms with Crippen LogP contribution >= 0.6 is 11.6 Å². The minimum absolute atomic E-state index is 0.259. The first-order valence-corrected chi connectivity index (χ1v) is 10.5. The Morgan fingerprint density at radius 3 is 2.39 bits per heavy atom. The van der Waals surface area contributed by atoms with Crippen LogP contribution in [0.15, 0.2) is 48.5 Å². The number of phenols is 1. The predicted octanol–water partition coefficient (Wildman–Crippen LogP) is 4.76. The van der Waals surface area contributed by atoms with E-state index in [2.05, 4.69) is 4.90 Å². The lowest BCUT2D eigenvalue weighted by atomic mass is 9.93. The summed E-state index contributed by atoms with van der Waals surface area (Å²) >= 11 is 6.16.